The minimum atomic E-state index is -4.14. The number of nitrogens with one attached hydrogen (secondary N) is 1. The van der Waals surface area contributed by atoms with Crippen molar-refractivity contribution in [2.75, 3.05) is 7.05 Å². The molecule has 0 aromatic rings. The van der Waals surface area contributed by atoms with E-state index in [1.165, 1.54) is 0 Å². The Balaban J connectivity index is 2.51. The average Bonchev–Trinajstić information content (AvgIpc) is 2.49. The molecule has 1 heterocycles. The first-order valence-electron chi connectivity index (χ1n) is 4.28. The fraction of sp³-hybridized carbons (Fsp3) is 0.444. The van der Waals surface area contributed by atoms with E-state index in [9.17, 15) is 13.2 Å². The van der Waals surface area contributed by atoms with E-state index in [1.54, 1.807) is 13.1 Å². The van der Waals surface area contributed by atoms with Crippen molar-refractivity contribution in [2.45, 2.75) is 19.0 Å². The number of thioether (sulfide) groups is 1. The molecule has 0 aromatic heterocycles. The van der Waals surface area contributed by atoms with Gasteiger partial charge in [0, 0.05) is 13.5 Å². The number of nitrogens with zero attached hydrogens (tertiary/aromatic N) is 1. The summed E-state index contributed by atoms with van der Waals surface area (Å²) in [7, 11) is 1.66. The van der Waals surface area contributed by atoms with Crippen molar-refractivity contribution in [3.05, 3.63) is 23.4 Å². The molecule has 15 heavy (non-hydrogen) atoms. The van der Waals surface area contributed by atoms with Crippen molar-refractivity contribution >= 4 is 16.8 Å². The molecule has 1 rings (SSSR count). The first-order valence-corrected chi connectivity index (χ1v) is 5.10. The van der Waals surface area contributed by atoms with Crippen LogP contribution in [0.25, 0.3) is 0 Å². The zero-order valence-corrected chi connectivity index (χ0v) is 9.00. The molecule has 6 heteroatoms. The molecular weight excluding hydrogens is 225 g/mol. The third-order valence-corrected chi connectivity index (χ3v) is 2.74. The van der Waals surface area contributed by atoms with Gasteiger partial charge in [-0.25, -0.2) is 4.99 Å². The number of hydrogen-bond donors (Lipinski definition) is 1. The molecule has 0 atom stereocenters. The van der Waals surface area contributed by atoms with Crippen LogP contribution in [0.4, 0.5) is 13.2 Å². The summed E-state index contributed by atoms with van der Waals surface area (Å²) in [4.78, 5) is 4.34. The summed E-state index contributed by atoms with van der Waals surface area (Å²) in [6.07, 6.45) is -3.01. The molecule has 0 fully saturated rings. The first kappa shape index (κ1) is 12.2. The van der Waals surface area contributed by atoms with E-state index in [4.69, 9.17) is 0 Å². The van der Waals surface area contributed by atoms with Crippen LogP contribution in [0.5, 0.6) is 0 Å². The predicted octanol–water partition coefficient (Wildman–Crippen LogP) is 3.05. The van der Waals surface area contributed by atoms with Gasteiger partial charge < -0.3 is 5.32 Å². The minimum absolute atomic E-state index is 0.310. The van der Waals surface area contributed by atoms with Gasteiger partial charge in [0.15, 0.2) is 0 Å². The zero-order chi connectivity index (χ0) is 11.5. The van der Waals surface area contributed by atoms with Crippen molar-refractivity contribution in [1.29, 1.82) is 0 Å². The number of rotatable bonds is 3. The van der Waals surface area contributed by atoms with E-state index in [1.807, 2.05) is 0 Å². The van der Waals surface area contributed by atoms with E-state index >= 15 is 0 Å². The van der Waals surface area contributed by atoms with Crippen LogP contribution in [0.3, 0.4) is 0 Å². The topological polar surface area (TPSA) is 24.4 Å². The Morgan fingerprint density at radius 1 is 1.67 bits per heavy atom. The second-order valence-corrected chi connectivity index (χ2v) is 4.17. The van der Waals surface area contributed by atoms with Gasteiger partial charge in [-0.15, -0.1) is 0 Å². The average molecular weight is 236 g/mol. The number of halogens is 3. The van der Waals surface area contributed by atoms with Crippen LogP contribution in [-0.2, 0) is 0 Å². The molecule has 0 amide bonds. The van der Waals surface area contributed by atoms with Gasteiger partial charge in [0.05, 0.1) is 11.5 Å². The second-order valence-electron chi connectivity index (χ2n) is 2.97. The van der Waals surface area contributed by atoms with Crippen LogP contribution in [0.1, 0.15) is 12.8 Å². The summed E-state index contributed by atoms with van der Waals surface area (Å²) < 4.78 is 36.1. The van der Waals surface area contributed by atoms with Crippen molar-refractivity contribution in [3.63, 3.8) is 0 Å². The summed E-state index contributed by atoms with van der Waals surface area (Å²) in [5.41, 5.74) is 0. The highest BCUT2D eigenvalue weighted by Gasteiger charge is 2.31. The summed E-state index contributed by atoms with van der Waals surface area (Å²) in [6.45, 7) is 3.58. The lowest BCUT2D eigenvalue weighted by Crippen LogP contribution is -2.06. The lowest BCUT2D eigenvalue weighted by Gasteiger charge is -2.05. The number of aliphatic imine (C=N–C) groups is 1. The molecular formula is C9H11F3N2S. The van der Waals surface area contributed by atoms with Crippen molar-refractivity contribution in [2.24, 2.45) is 4.99 Å². The van der Waals surface area contributed by atoms with Crippen LogP contribution in [-0.4, -0.2) is 18.3 Å². The Morgan fingerprint density at radius 2 is 2.33 bits per heavy atom. The summed E-state index contributed by atoms with van der Waals surface area (Å²) in [5, 5.41) is 3.36. The van der Waals surface area contributed by atoms with Gasteiger partial charge in [-0.05, 0) is 4.91 Å². The second kappa shape index (κ2) is 4.74. The molecule has 0 aromatic carbocycles. The highest BCUT2D eigenvalue weighted by atomic mass is 32.2. The van der Waals surface area contributed by atoms with Gasteiger partial charge in [-0.1, -0.05) is 24.4 Å². The van der Waals surface area contributed by atoms with Gasteiger partial charge >= 0.3 is 6.18 Å². The maximum absolute atomic E-state index is 12.0. The Hall–Kier alpha value is -0.910. The fourth-order valence-electron chi connectivity index (χ4n) is 1.02. The van der Waals surface area contributed by atoms with E-state index in [0.29, 0.717) is 22.2 Å². The number of allylic oxidation sites excluding steroid dienone is 2. The summed E-state index contributed by atoms with van der Waals surface area (Å²) in [5.74, 6) is 0.458. The molecule has 1 N–H and O–H groups in total. The maximum atomic E-state index is 12.0. The van der Waals surface area contributed by atoms with Gasteiger partial charge in [0.2, 0.25) is 0 Å². The Bertz CT molecular complexity index is 318. The molecule has 0 radical (unpaired) electrons. The van der Waals surface area contributed by atoms with Crippen LogP contribution in [0.15, 0.2) is 28.4 Å². The molecule has 0 bridgehead atoms. The lowest BCUT2D eigenvalue weighted by atomic mass is 10.3. The van der Waals surface area contributed by atoms with Crippen molar-refractivity contribution in [1.82, 2.24) is 5.32 Å². The van der Waals surface area contributed by atoms with Crippen LogP contribution < -0.4 is 5.32 Å². The Morgan fingerprint density at radius 3 is 2.87 bits per heavy atom. The van der Waals surface area contributed by atoms with Gasteiger partial charge in [-0.3, -0.25) is 0 Å². The van der Waals surface area contributed by atoms with E-state index in [2.05, 4.69) is 16.9 Å². The molecule has 0 aliphatic carbocycles. The molecule has 1 aliphatic rings. The SMILES string of the molecule is C=C(N=C1CC=C(CC(F)(F)F)S1)NC. The fourth-order valence-corrected chi connectivity index (χ4v) is 2.04. The highest BCUT2D eigenvalue weighted by Crippen LogP contribution is 2.36. The molecule has 0 saturated carbocycles. The largest absolute Gasteiger partial charge is 0.393 e. The standard InChI is InChI=1S/C9H11F3N2S/c1-6(13-2)14-8-4-3-7(15-8)5-9(10,11)12/h3,13H,1,4-5H2,2H3. The van der Waals surface area contributed by atoms with Crippen LogP contribution in [0.2, 0.25) is 0 Å². The van der Waals surface area contributed by atoms with Gasteiger partial charge in [0.25, 0.3) is 0 Å². The van der Waals surface area contributed by atoms with Gasteiger partial charge in [0.1, 0.15) is 5.82 Å². The van der Waals surface area contributed by atoms with Crippen molar-refractivity contribution < 1.29 is 13.2 Å². The Labute approximate surface area is 90.3 Å². The van der Waals surface area contributed by atoms with E-state index in [0.717, 1.165) is 11.8 Å². The summed E-state index contributed by atoms with van der Waals surface area (Å²) >= 11 is 1.07. The number of alkyl halides is 3. The molecule has 0 spiro atoms. The molecule has 84 valence electrons. The first-order chi connectivity index (χ1) is 6.90. The Kier molecular flexibility index (Phi) is 3.84. The predicted molar refractivity (Wildman–Crippen MR) is 56.6 cm³/mol. The third kappa shape index (κ3) is 4.42. The maximum Gasteiger partial charge on any atom is 0.393 e. The van der Waals surface area contributed by atoms with E-state index < -0.39 is 12.6 Å². The third-order valence-electron chi connectivity index (χ3n) is 1.68. The molecule has 1 aliphatic heterocycles. The molecule has 0 unspecified atom stereocenters. The molecule has 2 nitrogen and oxygen atoms in total. The highest BCUT2D eigenvalue weighted by molar-refractivity contribution is 8.17. The van der Waals surface area contributed by atoms with E-state index in [-0.39, 0.29) is 0 Å². The summed E-state index contributed by atoms with van der Waals surface area (Å²) in [6, 6.07) is 0. The smallest absolute Gasteiger partial charge is 0.374 e. The molecule has 0 saturated heterocycles. The monoisotopic (exact) mass is 236 g/mol. The lowest BCUT2D eigenvalue weighted by molar-refractivity contribution is -0.125. The zero-order valence-electron chi connectivity index (χ0n) is 8.19. The van der Waals surface area contributed by atoms with Crippen LogP contribution in [0, 0.1) is 0 Å². The van der Waals surface area contributed by atoms with Crippen LogP contribution >= 0.6 is 11.8 Å². The number of hydrogen-bond acceptors (Lipinski definition) is 3. The van der Waals surface area contributed by atoms with Crippen molar-refractivity contribution in [3.8, 4) is 0 Å². The normalized spacial score (nSPS) is 19.2. The quantitative estimate of drug-likeness (QED) is 0.814. The van der Waals surface area contributed by atoms with Gasteiger partial charge in [-0.2, -0.15) is 13.2 Å². The minimum Gasteiger partial charge on any atom is -0.374 e.